The number of furan rings is 1. The monoisotopic (exact) mass is 420 g/mol. The molecule has 0 aliphatic carbocycles. The SMILES string of the molecule is N#Cc1cc(SNc2nccs2)ccc1Nc1cnc(CN)cc1-c1ccoc1. The van der Waals surface area contributed by atoms with E-state index in [0.717, 1.165) is 32.5 Å². The standard InChI is InChI=1S/C20H16N6OS2/c21-9-14-7-16(29-26-20-23-4-6-28-20)1-2-18(14)25-19-11-24-15(10-22)8-17(19)13-3-5-27-12-13/h1-8,11-12,25H,10,22H2,(H,23,26). The van der Waals surface area contributed by atoms with E-state index >= 15 is 0 Å². The third-order valence-corrected chi connectivity index (χ3v) is 5.67. The van der Waals surface area contributed by atoms with Crippen molar-refractivity contribution >= 4 is 39.8 Å². The second-order valence-corrected chi connectivity index (χ2v) is 7.70. The fraction of sp³-hybridized carbons (Fsp3) is 0.0500. The molecule has 0 unspecified atom stereocenters. The van der Waals surface area contributed by atoms with Crippen molar-refractivity contribution in [3.8, 4) is 17.2 Å². The summed E-state index contributed by atoms with van der Waals surface area (Å²) < 4.78 is 8.38. The van der Waals surface area contributed by atoms with E-state index in [9.17, 15) is 5.26 Å². The molecule has 4 N–H and O–H groups in total. The van der Waals surface area contributed by atoms with Crippen LogP contribution in [-0.4, -0.2) is 9.97 Å². The molecule has 144 valence electrons. The van der Waals surface area contributed by atoms with E-state index in [4.69, 9.17) is 10.2 Å². The van der Waals surface area contributed by atoms with Crippen LogP contribution in [0.15, 0.2) is 69.9 Å². The number of benzene rings is 1. The third-order valence-electron chi connectivity index (χ3n) is 4.07. The molecule has 0 fully saturated rings. The minimum absolute atomic E-state index is 0.340. The Labute approximate surface area is 175 Å². The van der Waals surface area contributed by atoms with E-state index in [1.54, 1.807) is 24.9 Å². The molecule has 3 heterocycles. The Hall–Kier alpha value is -3.32. The Morgan fingerprint density at radius 3 is 2.86 bits per heavy atom. The van der Waals surface area contributed by atoms with Gasteiger partial charge < -0.3 is 20.2 Å². The molecule has 1 aromatic carbocycles. The lowest BCUT2D eigenvalue weighted by Gasteiger charge is -2.14. The molecular weight excluding hydrogens is 404 g/mol. The number of nitrogens with two attached hydrogens (primary N) is 1. The zero-order valence-corrected chi connectivity index (χ0v) is 16.8. The zero-order valence-electron chi connectivity index (χ0n) is 15.1. The van der Waals surface area contributed by atoms with E-state index in [1.807, 2.05) is 35.7 Å². The van der Waals surface area contributed by atoms with Crippen LogP contribution in [0.5, 0.6) is 0 Å². The number of anilines is 3. The van der Waals surface area contributed by atoms with Gasteiger partial charge in [0.1, 0.15) is 6.07 Å². The predicted octanol–water partition coefficient (Wildman–Crippen LogP) is 4.99. The first kappa shape index (κ1) is 19.0. The van der Waals surface area contributed by atoms with Crippen LogP contribution in [0.3, 0.4) is 0 Å². The van der Waals surface area contributed by atoms with Crippen LogP contribution in [0, 0.1) is 11.3 Å². The molecule has 29 heavy (non-hydrogen) atoms. The molecule has 0 radical (unpaired) electrons. The number of aromatic nitrogens is 2. The Balaban J connectivity index is 1.60. The first-order valence-corrected chi connectivity index (χ1v) is 10.3. The van der Waals surface area contributed by atoms with Crippen molar-refractivity contribution in [1.29, 1.82) is 5.26 Å². The summed E-state index contributed by atoms with van der Waals surface area (Å²) in [5, 5.41) is 15.7. The topological polar surface area (TPSA) is 113 Å². The van der Waals surface area contributed by atoms with Crippen molar-refractivity contribution in [3.63, 3.8) is 0 Å². The van der Waals surface area contributed by atoms with Crippen LogP contribution in [0.25, 0.3) is 11.1 Å². The molecule has 0 saturated carbocycles. The lowest BCUT2D eigenvalue weighted by molar-refractivity contribution is 0.568. The van der Waals surface area contributed by atoms with Crippen molar-refractivity contribution < 1.29 is 4.42 Å². The van der Waals surface area contributed by atoms with Gasteiger partial charge in [0.25, 0.3) is 0 Å². The highest BCUT2D eigenvalue weighted by Gasteiger charge is 2.12. The molecule has 0 amide bonds. The number of nitrogens with one attached hydrogen (secondary N) is 2. The normalized spacial score (nSPS) is 10.5. The minimum Gasteiger partial charge on any atom is -0.472 e. The molecule has 0 spiro atoms. The molecule has 4 rings (SSSR count). The Kier molecular flexibility index (Phi) is 5.76. The predicted molar refractivity (Wildman–Crippen MR) is 116 cm³/mol. The van der Waals surface area contributed by atoms with Crippen molar-refractivity contribution in [3.05, 3.63) is 71.9 Å². The summed E-state index contributed by atoms with van der Waals surface area (Å²) in [5.74, 6) is 0. The van der Waals surface area contributed by atoms with Gasteiger partial charge in [0.2, 0.25) is 0 Å². The van der Waals surface area contributed by atoms with E-state index in [0.29, 0.717) is 17.8 Å². The fourth-order valence-corrected chi connectivity index (χ4v) is 3.94. The largest absolute Gasteiger partial charge is 0.472 e. The second kappa shape index (κ2) is 8.79. The van der Waals surface area contributed by atoms with Crippen LogP contribution in [0.2, 0.25) is 0 Å². The van der Waals surface area contributed by atoms with Gasteiger partial charge in [0.15, 0.2) is 5.13 Å². The first-order valence-electron chi connectivity index (χ1n) is 8.62. The maximum absolute atomic E-state index is 9.63. The van der Waals surface area contributed by atoms with E-state index < -0.39 is 0 Å². The number of thiazole rings is 1. The molecule has 0 atom stereocenters. The lowest BCUT2D eigenvalue weighted by Crippen LogP contribution is -2.02. The molecule has 0 aliphatic rings. The van der Waals surface area contributed by atoms with Gasteiger partial charge in [0.05, 0.1) is 41.4 Å². The van der Waals surface area contributed by atoms with Gasteiger partial charge in [-0.3, -0.25) is 4.98 Å². The van der Waals surface area contributed by atoms with Crippen molar-refractivity contribution in [2.24, 2.45) is 5.73 Å². The maximum atomic E-state index is 9.63. The number of nitriles is 1. The smallest absolute Gasteiger partial charge is 0.192 e. The summed E-state index contributed by atoms with van der Waals surface area (Å²) in [6.45, 7) is 0.340. The van der Waals surface area contributed by atoms with Gasteiger partial charge in [-0.05, 0) is 42.3 Å². The lowest BCUT2D eigenvalue weighted by atomic mass is 10.1. The van der Waals surface area contributed by atoms with Crippen LogP contribution >= 0.6 is 23.3 Å². The third kappa shape index (κ3) is 4.41. The van der Waals surface area contributed by atoms with Crippen molar-refractivity contribution in [2.45, 2.75) is 11.4 Å². The summed E-state index contributed by atoms with van der Waals surface area (Å²) in [5.41, 5.74) is 10.3. The van der Waals surface area contributed by atoms with Gasteiger partial charge in [-0.1, -0.05) is 0 Å². The highest BCUT2D eigenvalue weighted by atomic mass is 32.2. The number of hydrogen-bond acceptors (Lipinski definition) is 9. The van der Waals surface area contributed by atoms with Gasteiger partial charge in [-0.15, -0.1) is 11.3 Å². The number of hydrogen-bond donors (Lipinski definition) is 3. The summed E-state index contributed by atoms with van der Waals surface area (Å²) in [7, 11) is 0. The minimum atomic E-state index is 0.340. The Morgan fingerprint density at radius 1 is 1.21 bits per heavy atom. The average Bonchev–Trinajstić information content (AvgIpc) is 3.47. The van der Waals surface area contributed by atoms with Gasteiger partial charge in [-0.25, -0.2) is 4.98 Å². The molecule has 0 aliphatic heterocycles. The second-order valence-electron chi connectivity index (χ2n) is 5.92. The molecule has 9 heteroatoms. The molecule has 3 aromatic heterocycles. The molecular formula is C20H16N6OS2. The molecule has 7 nitrogen and oxygen atoms in total. The number of nitrogens with zero attached hydrogens (tertiary/aromatic N) is 3. The summed E-state index contributed by atoms with van der Waals surface area (Å²) in [6, 6.07) is 11.7. The van der Waals surface area contributed by atoms with Crippen LogP contribution in [0.1, 0.15) is 11.3 Å². The van der Waals surface area contributed by atoms with Crippen LogP contribution in [-0.2, 0) is 6.54 Å². The molecule has 4 aromatic rings. The van der Waals surface area contributed by atoms with Crippen molar-refractivity contribution in [1.82, 2.24) is 9.97 Å². The Morgan fingerprint density at radius 2 is 2.14 bits per heavy atom. The average molecular weight is 421 g/mol. The van der Waals surface area contributed by atoms with Gasteiger partial charge >= 0.3 is 0 Å². The van der Waals surface area contributed by atoms with Gasteiger partial charge in [0, 0.05) is 34.1 Å². The number of rotatable bonds is 7. The fourth-order valence-electron chi connectivity index (χ4n) is 2.68. The van der Waals surface area contributed by atoms with Crippen LogP contribution in [0.4, 0.5) is 16.5 Å². The van der Waals surface area contributed by atoms with E-state index in [-0.39, 0.29) is 0 Å². The molecule has 0 saturated heterocycles. The van der Waals surface area contributed by atoms with Gasteiger partial charge in [-0.2, -0.15) is 5.26 Å². The quantitative estimate of drug-likeness (QED) is 0.358. The van der Waals surface area contributed by atoms with Crippen LogP contribution < -0.4 is 15.8 Å². The highest BCUT2D eigenvalue weighted by molar-refractivity contribution is 8.00. The zero-order chi connectivity index (χ0) is 20.1. The summed E-state index contributed by atoms with van der Waals surface area (Å²) in [6.07, 6.45) is 6.74. The van der Waals surface area contributed by atoms with E-state index in [1.165, 1.54) is 23.3 Å². The van der Waals surface area contributed by atoms with Crippen molar-refractivity contribution in [2.75, 3.05) is 10.0 Å². The Bertz CT molecular complexity index is 1140. The maximum Gasteiger partial charge on any atom is 0.192 e. The first-order chi connectivity index (χ1) is 14.3. The number of pyridine rings is 1. The summed E-state index contributed by atoms with van der Waals surface area (Å²) >= 11 is 2.93. The molecule has 0 bridgehead atoms. The van der Waals surface area contributed by atoms with E-state index in [2.05, 4.69) is 26.1 Å². The summed E-state index contributed by atoms with van der Waals surface area (Å²) in [4.78, 5) is 9.47. The highest BCUT2D eigenvalue weighted by Crippen LogP contribution is 2.33.